The Balaban J connectivity index is 1.91. The van der Waals surface area contributed by atoms with Gasteiger partial charge in [-0.1, -0.05) is 30.3 Å². The average molecular weight is 200 g/mol. The lowest BCUT2D eigenvalue weighted by Gasteiger charge is -2.11. The zero-order valence-electron chi connectivity index (χ0n) is 8.09. The Kier molecular flexibility index (Phi) is 3.05. The number of ketones is 1. The van der Waals surface area contributed by atoms with Crippen LogP contribution in [0.25, 0.3) is 0 Å². The van der Waals surface area contributed by atoms with Crippen LogP contribution in [0.1, 0.15) is 5.56 Å². The second-order valence-electron chi connectivity index (χ2n) is 3.16. The van der Waals surface area contributed by atoms with Gasteiger partial charge in [0, 0.05) is 6.20 Å². The molecule has 1 unspecified atom stereocenters. The summed E-state index contributed by atoms with van der Waals surface area (Å²) in [6.45, 7) is 0.420. The molecule has 3 nitrogen and oxygen atoms in total. The lowest BCUT2D eigenvalue weighted by atomic mass is 10.2. The Morgan fingerprint density at radius 1 is 1.33 bits per heavy atom. The van der Waals surface area contributed by atoms with Gasteiger partial charge in [0.25, 0.3) is 0 Å². The summed E-state index contributed by atoms with van der Waals surface area (Å²) in [5.41, 5.74) is 1.04. The van der Waals surface area contributed by atoms with E-state index in [1.54, 1.807) is 6.08 Å². The van der Waals surface area contributed by atoms with Gasteiger partial charge in [-0.3, -0.25) is 9.79 Å². The van der Waals surface area contributed by atoms with Crippen molar-refractivity contribution in [3.63, 3.8) is 0 Å². The van der Waals surface area contributed by atoms with Crippen molar-refractivity contribution in [3.05, 3.63) is 48.2 Å². The van der Waals surface area contributed by atoms with Gasteiger partial charge in [-0.25, -0.2) is 0 Å². The van der Waals surface area contributed by atoms with Gasteiger partial charge in [0.15, 0.2) is 0 Å². The van der Waals surface area contributed by atoms with E-state index in [0.717, 1.165) is 5.56 Å². The predicted molar refractivity (Wildman–Crippen MR) is 56.6 cm³/mol. The summed E-state index contributed by atoms with van der Waals surface area (Å²) in [4.78, 5) is 14.8. The monoisotopic (exact) mass is 200 g/mol. The maximum atomic E-state index is 11.2. The normalized spacial score (nSPS) is 19.5. The second kappa shape index (κ2) is 4.66. The van der Waals surface area contributed by atoms with E-state index in [0.29, 0.717) is 6.61 Å². The number of hydrogen-bond donors (Lipinski definition) is 0. The Morgan fingerprint density at radius 2 is 2.13 bits per heavy atom. The molecule has 0 saturated carbocycles. The van der Waals surface area contributed by atoms with Crippen molar-refractivity contribution < 1.29 is 9.53 Å². The van der Waals surface area contributed by atoms with E-state index in [1.807, 2.05) is 30.3 Å². The van der Waals surface area contributed by atoms with E-state index in [-0.39, 0.29) is 5.78 Å². The maximum Gasteiger partial charge on any atom is 0.216 e. The lowest BCUT2D eigenvalue weighted by molar-refractivity contribution is -0.121. The van der Waals surface area contributed by atoms with Crippen LogP contribution < -0.4 is 0 Å². The van der Waals surface area contributed by atoms with Crippen molar-refractivity contribution in [2.24, 2.45) is 4.99 Å². The van der Waals surface area contributed by atoms with Crippen molar-refractivity contribution >= 4 is 12.0 Å². The highest BCUT2D eigenvalue weighted by Gasteiger charge is 2.16. The number of benzene rings is 1. The molecule has 0 bridgehead atoms. The number of rotatable bonds is 3. The molecule has 1 aliphatic rings. The van der Waals surface area contributed by atoms with E-state index in [4.69, 9.17) is 4.74 Å². The molecule has 0 spiro atoms. The molecule has 1 atom stereocenters. The highest BCUT2D eigenvalue weighted by atomic mass is 16.5. The molecule has 15 heavy (non-hydrogen) atoms. The second-order valence-corrected chi connectivity index (χ2v) is 3.16. The van der Waals surface area contributed by atoms with Crippen molar-refractivity contribution in [2.75, 3.05) is 0 Å². The number of Topliss-reactive ketones (excluding diaryl/α,β-unsaturated/α-hetero) is 1. The lowest BCUT2D eigenvalue weighted by Crippen LogP contribution is -2.24. The zero-order valence-corrected chi connectivity index (χ0v) is 8.09. The first-order valence-electron chi connectivity index (χ1n) is 4.68. The molecule has 0 aromatic heterocycles. The Hall–Kier alpha value is -1.74. The van der Waals surface area contributed by atoms with Gasteiger partial charge in [0.1, 0.15) is 12.3 Å². The molecule has 1 aliphatic heterocycles. The summed E-state index contributed by atoms with van der Waals surface area (Å²) in [6, 6.07) is 9.72. The van der Waals surface area contributed by atoms with E-state index < -0.39 is 6.10 Å². The molecule has 1 aromatic rings. The van der Waals surface area contributed by atoms with Crippen LogP contribution in [0.5, 0.6) is 0 Å². The van der Waals surface area contributed by atoms with Crippen LogP contribution >= 0.6 is 0 Å². The number of carbonyl (C=O) groups is 1. The number of aliphatic imine (C=N–C) groups is 1. The molecule has 75 valence electrons. The Labute approximate surface area is 88.1 Å². The third-order valence-electron chi connectivity index (χ3n) is 2.04. The fourth-order valence-corrected chi connectivity index (χ4v) is 1.26. The summed E-state index contributed by atoms with van der Waals surface area (Å²) >= 11 is 0. The van der Waals surface area contributed by atoms with Gasteiger partial charge in [0.05, 0.1) is 6.61 Å². The van der Waals surface area contributed by atoms with Crippen LogP contribution in [0.15, 0.2) is 47.6 Å². The first-order chi connectivity index (χ1) is 7.36. The first kappa shape index (κ1) is 9.80. The van der Waals surface area contributed by atoms with Crippen LogP contribution in [0.3, 0.4) is 0 Å². The zero-order chi connectivity index (χ0) is 10.5. The highest BCUT2D eigenvalue weighted by molar-refractivity contribution is 6.30. The van der Waals surface area contributed by atoms with Crippen molar-refractivity contribution in [1.82, 2.24) is 0 Å². The Bertz CT molecular complexity index is 395. The standard InChI is InChI=1S/C12H10NO2/c14-11-8-13-7-6-12(11)15-9-10-4-2-1-3-5-10/h1-7,12H,9H2. The van der Waals surface area contributed by atoms with Gasteiger partial charge in [-0.2, -0.15) is 0 Å². The van der Waals surface area contributed by atoms with Crippen LogP contribution in [-0.4, -0.2) is 18.1 Å². The van der Waals surface area contributed by atoms with E-state index in [1.165, 1.54) is 6.20 Å². The van der Waals surface area contributed by atoms with Gasteiger partial charge in [0.2, 0.25) is 5.78 Å². The molecule has 2 rings (SSSR count). The van der Waals surface area contributed by atoms with Gasteiger partial charge in [-0.15, -0.1) is 0 Å². The quantitative estimate of drug-likeness (QED) is 0.743. The minimum atomic E-state index is -0.539. The largest absolute Gasteiger partial charge is 0.361 e. The third kappa shape index (κ3) is 2.60. The Morgan fingerprint density at radius 3 is 2.87 bits per heavy atom. The summed E-state index contributed by atoms with van der Waals surface area (Å²) < 4.78 is 5.42. The molecule has 0 N–H and O–H groups in total. The van der Waals surface area contributed by atoms with Gasteiger partial charge >= 0.3 is 0 Å². The molecule has 0 fully saturated rings. The molecule has 1 heterocycles. The van der Waals surface area contributed by atoms with Gasteiger partial charge in [-0.05, 0) is 11.6 Å². The SMILES string of the molecule is O=C1[C]=NC=CC1OCc1ccccc1. The van der Waals surface area contributed by atoms with E-state index in [2.05, 4.69) is 11.2 Å². The number of carbonyl (C=O) groups excluding carboxylic acids is 1. The van der Waals surface area contributed by atoms with Crippen LogP contribution in [-0.2, 0) is 16.1 Å². The van der Waals surface area contributed by atoms with E-state index >= 15 is 0 Å². The molecule has 1 radical (unpaired) electrons. The average Bonchev–Trinajstić information content (AvgIpc) is 2.29. The predicted octanol–water partition coefficient (Wildman–Crippen LogP) is 1.62. The summed E-state index contributed by atoms with van der Waals surface area (Å²) in [6.07, 6.45) is 4.96. The first-order valence-corrected chi connectivity index (χ1v) is 4.68. The van der Waals surface area contributed by atoms with Crippen LogP contribution in [0, 0.1) is 0 Å². The number of nitrogens with zero attached hydrogens (tertiary/aromatic N) is 1. The fraction of sp³-hybridized carbons (Fsp3) is 0.167. The van der Waals surface area contributed by atoms with Crippen molar-refractivity contribution in [1.29, 1.82) is 0 Å². The fourth-order valence-electron chi connectivity index (χ4n) is 1.26. The smallest absolute Gasteiger partial charge is 0.216 e. The molecular formula is C12H10NO2. The van der Waals surface area contributed by atoms with Crippen LogP contribution in [0.4, 0.5) is 0 Å². The number of hydrogen-bond acceptors (Lipinski definition) is 3. The minimum absolute atomic E-state index is 0.228. The minimum Gasteiger partial charge on any atom is -0.361 e. The molecular weight excluding hydrogens is 190 g/mol. The molecule has 0 saturated heterocycles. The molecule has 3 heteroatoms. The molecule has 1 aromatic carbocycles. The van der Waals surface area contributed by atoms with Crippen molar-refractivity contribution in [3.8, 4) is 0 Å². The summed E-state index contributed by atoms with van der Waals surface area (Å²) in [5, 5.41) is 0. The number of ether oxygens (including phenoxy) is 1. The van der Waals surface area contributed by atoms with Gasteiger partial charge < -0.3 is 4.74 Å². The van der Waals surface area contributed by atoms with Crippen molar-refractivity contribution in [2.45, 2.75) is 12.7 Å². The topological polar surface area (TPSA) is 38.7 Å². The molecule has 0 amide bonds. The molecule has 0 aliphatic carbocycles. The summed E-state index contributed by atoms with van der Waals surface area (Å²) in [5.74, 6) is -0.228. The van der Waals surface area contributed by atoms with Crippen LogP contribution in [0.2, 0.25) is 0 Å². The third-order valence-corrected chi connectivity index (χ3v) is 2.04. The summed E-state index contributed by atoms with van der Waals surface area (Å²) in [7, 11) is 0. The highest BCUT2D eigenvalue weighted by Crippen LogP contribution is 2.06. The maximum absolute atomic E-state index is 11.2. The van der Waals surface area contributed by atoms with E-state index in [9.17, 15) is 4.79 Å².